The molecule has 0 aliphatic carbocycles. The van der Waals surface area contributed by atoms with Crippen molar-refractivity contribution in [3.05, 3.63) is 20.8 Å². The van der Waals surface area contributed by atoms with Gasteiger partial charge < -0.3 is 5.32 Å². The van der Waals surface area contributed by atoms with Gasteiger partial charge in [0, 0.05) is 6.54 Å². The van der Waals surface area contributed by atoms with Gasteiger partial charge in [0.2, 0.25) is 0 Å². The van der Waals surface area contributed by atoms with Gasteiger partial charge in [-0.2, -0.15) is 0 Å². The summed E-state index contributed by atoms with van der Waals surface area (Å²) < 4.78 is 0. The number of hydrogen-bond acceptors (Lipinski definition) is 4. The Labute approximate surface area is 62.8 Å². The van der Waals surface area contributed by atoms with E-state index in [9.17, 15) is 10.1 Å². The lowest BCUT2D eigenvalue weighted by Gasteiger charge is -1.94. The van der Waals surface area contributed by atoms with E-state index in [0.717, 1.165) is 0 Å². The van der Waals surface area contributed by atoms with Gasteiger partial charge in [-0.05, 0) is 6.26 Å². The Balaban J connectivity index is 2.78. The lowest BCUT2D eigenvalue weighted by Crippen LogP contribution is -2.04. The summed E-state index contributed by atoms with van der Waals surface area (Å²) in [5.41, 5.74) is 0.326. The van der Waals surface area contributed by atoms with E-state index < -0.39 is 0 Å². The first kappa shape index (κ1) is 7.40. The highest BCUT2D eigenvalue weighted by Crippen LogP contribution is 2.21. The number of nitrogens with one attached hydrogen (secondary N) is 1. The Bertz CT molecular complexity index is 190. The molecule has 0 unspecified atom stereocenters. The minimum absolute atomic E-state index is 0.314. The van der Waals surface area contributed by atoms with Crippen LogP contribution in [0.3, 0.4) is 0 Å². The van der Waals surface area contributed by atoms with Crippen LogP contribution in [0.25, 0.3) is 0 Å². The molecule has 10 heavy (non-hydrogen) atoms. The second-order valence-electron chi connectivity index (χ2n) is 1.91. The number of thioether (sulfide) groups is 1. The normalized spacial score (nSPS) is 17.3. The molecule has 0 aromatic rings. The third-order valence-corrected chi connectivity index (χ3v) is 2.12. The molecule has 0 aromatic carbocycles. The van der Waals surface area contributed by atoms with E-state index in [2.05, 4.69) is 5.32 Å². The molecular formula is C5H8N2O2S. The Morgan fingerprint density at radius 3 is 2.90 bits per heavy atom. The molecule has 1 rings (SSSR count). The maximum absolute atomic E-state index is 10.3. The summed E-state index contributed by atoms with van der Waals surface area (Å²) in [5.74, 6) is 0. The summed E-state index contributed by atoms with van der Waals surface area (Å²) in [6.07, 6.45) is 2.38. The molecule has 4 nitrogen and oxygen atoms in total. The van der Waals surface area contributed by atoms with Crippen molar-refractivity contribution in [1.82, 2.24) is 5.32 Å². The topological polar surface area (TPSA) is 55.2 Å². The number of nitro groups is 1. The molecular weight excluding hydrogens is 152 g/mol. The molecule has 0 radical (unpaired) electrons. The van der Waals surface area contributed by atoms with Crippen LogP contribution < -0.4 is 5.32 Å². The molecule has 0 atom stereocenters. The lowest BCUT2D eigenvalue weighted by atomic mass is 10.4. The fourth-order valence-electron chi connectivity index (χ4n) is 0.874. The minimum Gasteiger partial charge on any atom is -0.374 e. The molecule has 1 N–H and O–H groups in total. The SMILES string of the molecule is CSC1=C([N+](=O)[O-])CCN1. The molecule has 0 fully saturated rings. The van der Waals surface area contributed by atoms with E-state index in [1.54, 1.807) is 0 Å². The first-order valence-corrected chi connectivity index (χ1v) is 4.13. The van der Waals surface area contributed by atoms with Gasteiger partial charge in [-0.1, -0.05) is 0 Å². The lowest BCUT2D eigenvalue weighted by molar-refractivity contribution is -0.427. The Kier molecular flexibility index (Phi) is 2.16. The van der Waals surface area contributed by atoms with E-state index >= 15 is 0 Å². The zero-order valence-corrected chi connectivity index (χ0v) is 6.40. The zero-order chi connectivity index (χ0) is 7.56. The summed E-state index contributed by atoms with van der Waals surface area (Å²) >= 11 is 1.40. The Hall–Kier alpha value is -0.710. The number of rotatable bonds is 2. The van der Waals surface area contributed by atoms with Crippen LogP contribution in [-0.2, 0) is 0 Å². The monoisotopic (exact) mass is 160 g/mol. The molecule has 0 saturated heterocycles. The van der Waals surface area contributed by atoms with Crippen molar-refractivity contribution >= 4 is 11.8 Å². The third-order valence-electron chi connectivity index (χ3n) is 1.33. The molecule has 1 heterocycles. The second-order valence-corrected chi connectivity index (χ2v) is 2.73. The van der Waals surface area contributed by atoms with Crippen LogP contribution >= 0.6 is 11.8 Å². The van der Waals surface area contributed by atoms with E-state index in [-0.39, 0.29) is 4.92 Å². The van der Waals surface area contributed by atoms with Gasteiger partial charge in [0.05, 0.1) is 11.3 Å². The summed E-state index contributed by atoms with van der Waals surface area (Å²) in [6, 6.07) is 0. The average molecular weight is 160 g/mol. The molecule has 0 saturated carbocycles. The summed E-state index contributed by atoms with van der Waals surface area (Å²) in [5, 5.41) is 13.9. The number of hydrogen-bond donors (Lipinski definition) is 1. The van der Waals surface area contributed by atoms with Crippen LogP contribution in [0.4, 0.5) is 0 Å². The van der Waals surface area contributed by atoms with Gasteiger partial charge in [-0.3, -0.25) is 10.1 Å². The van der Waals surface area contributed by atoms with Gasteiger partial charge in [0.1, 0.15) is 5.03 Å². The highest BCUT2D eigenvalue weighted by atomic mass is 32.2. The third kappa shape index (κ3) is 1.23. The smallest absolute Gasteiger partial charge is 0.277 e. The van der Waals surface area contributed by atoms with Crippen LogP contribution in [0.1, 0.15) is 6.42 Å². The van der Waals surface area contributed by atoms with Crippen molar-refractivity contribution in [2.45, 2.75) is 6.42 Å². The van der Waals surface area contributed by atoms with Crippen molar-refractivity contribution in [2.75, 3.05) is 12.8 Å². The summed E-state index contributed by atoms with van der Waals surface area (Å²) in [6.45, 7) is 0.701. The highest BCUT2D eigenvalue weighted by molar-refractivity contribution is 8.02. The maximum atomic E-state index is 10.3. The van der Waals surface area contributed by atoms with Crippen LogP contribution in [0.15, 0.2) is 10.7 Å². The van der Waals surface area contributed by atoms with E-state index in [1.165, 1.54) is 11.8 Å². The zero-order valence-electron chi connectivity index (χ0n) is 5.59. The predicted octanol–water partition coefficient (Wildman–Crippen LogP) is 0.788. The van der Waals surface area contributed by atoms with E-state index in [1.807, 2.05) is 6.26 Å². The van der Waals surface area contributed by atoms with Crippen LogP contribution in [-0.4, -0.2) is 17.7 Å². The molecule has 1 aliphatic rings. The van der Waals surface area contributed by atoms with Crippen LogP contribution in [0.5, 0.6) is 0 Å². The van der Waals surface area contributed by atoms with Gasteiger partial charge in [-0.25, -0.2) is 0 Å². The van der Waals surface area contributed by atoms with Crippen LogP contribution in [0.2, 0.25) is 0 Å². The van der Waals surface area contributed by atoms with E-state index in [0.29, 0.717) is 23.7 Å². The van der Waals surface area contributed by atoms with Crippen LogP contribution in [0, 0.1) is 10.1 Å². The maximum Gasteiger partial charge on any atom is 0.277 e. The van der Waals surface area contributed by atoms with Crippen molar-refractivity contribution in [3.63, 3.8) is 0 Å². The first-order valence-electron chi connectivity index (χ1n) is 2.91. The molecule has 0 amide bonds. The van der Waals surface area contributed by atoms with Gasteiger partial charge in [-0.15, -0.1) is 11.8 Å². The van der Waals surface area contributed by atoms with Gasteiger partial charge in [0.25, 0.3) is 5.70 Å². The number of nitrogens with zero attached hydrogens (tertiary/aromatic N) is 1. The fraction of sp³-hybridized carbons (Fsp3) is 0.600. The summed E-state index contributed by atoms with van der Waals surface area (Å²) in [4.78, 5) is 9.95. The van der Waals surface area contributed by atoms with Crippen molar-refractivity contribution < 1.29 is 4.92 Å². The summed E-state index contributed by atoms with van der Waals surface area (Å²) in [7, 11) is 0. The van der Waals surface area contributed by atoms with Crippen molar-refractivity contribution in [3.8, 4) is 0 Å². The molecule has 0 bridgehead atoms. The Morgan fingerprint density at radius 1 is 1.80 bits per heavy atom. The van der Waals surface area contributed by atoms with Gasteiger partial charge in [0.15, 0.2) is 0 Å². The molecule has 56 valence electrons. The van der Waals surface area contributed by atoms with E-state index in [4.69, 9.17) is 0 Å². The van der Waals surface area contributed by atoms with Gasteiger partial charge >= 0.3 is 0 Å². The predicted molar refractivity (Wildman–Crippen MR) is 40.2 cm³/mol. The largest absolute Gasteiger partial charge is 0.374 e. The first-order chi connectivity index (χ1) is 4.75. The quantitative estimate of drug-likeness (QED) is 0.479. The standard InChI is InChI=1S/C5H8N2O2S/c1-10-5-4(7(8)9)2-3-6-5/h6H,2-3H2,1H3. The molecule has 0 aromatic heterocycles. The van der Waals surface area contributed by atoms with Crippen molar-refractivity contribution in [1.29, 1.82) is 0 Å². The second kappa shape index (κ2) is 2.92. The molecule has 0 spiro atoms. The fourth-order valence-corrected chi connectivity index (χ4v) is 1.53. The Morgan fingerprint density at radius 2 is 2.50 bits per heavy atom. The highest BCUT2D eigenvalue weighted by Gasteiger charge is 2.22. The average Bonchev–Trinajstić information content (AvgIpc) is 2.33. The minimum atomic E-state index is -0.314. The molecule has 1 aliphatic heterocycles. The molecule has 5 heteroatoms. The van der Waals surface area contributed by atoms with Crippen molar-refractivity contribution in [2.24, 2.45) is 0 Å².